The van der Waals surface area contributed by atoms with Gasteiger partial charge in [-0.2, -0.15) is 0 Å². The van der Waals surface area contributed by atoms with E-state index < -0.39 is 0 Å². The second-order valence-electron chi connectivity index (χ2n) is 5.27. The number of rotatable bonds is 7. The molecule has 110 valence electrons. The standard InChI is InChI=1S/C14H21N3O2S/c1-3-4-11-7-12(18)17-14(16-11)20-8-13(19)15-9(2)10-5-6-10/h7,9-10H,3-6,8H2,1-2H3,(H,15,19)(H,16,17,18). The van der Waals surface area contributed by atoms with E-state index in [1.807, 2.05) is 13.8 Å². The highest BCUT2D eigenvalue weighted by Crippen LogP contribution is 2.32. The fourth-order valence-electron chi connectivity index (χ4n) is 2.08. The first kappa shape index (κ1) is 15.1. The van der Waals surface area contributed by atoms with Crippen molar-refractivity contribution < 1.29 is 4.79 Å². The first-order valence-electron chi connectivity index (χ1n) is 7.11. The smallest absolute Gasteiger partial charge is 0.251 e. The largest absolute Gasteiger partial charge is 0.353 e. The van der Waals surface area contributed by atoms with Crippen molar-refractivity contribution in [2.75, 3.05) is 5.75 Å². The van der Waals surface area contributed by atoms with Gasteiger partial charge in [-0.05, 0) is 32.1 Å². The van der Waals surface area contributed by atoms with Crippen LogP contribution in [0.4, 0.5) is 0 Å². The zero-order chi connectivity index (χ0) is 14.5. The van der Waals surface area contributed by atoms with Gasteiger partial charge >= 0.3 is 0 Å². The molecule has 0 radical (unpaired) electrons. The number of nitrogens with one attached hydrogen (secondary N) is 2. The average molecular weight is 295 g/mol. The molecule has 1 fully saturated rings. The van der Waals surface area contributed by atoms with E-state index in [2.05, 4.69) is 15.3 Å². The highest BCUT2D eigenvalue weighted by atomic mass is 32.2. The van der Waals surface area contributed by atoms with Gasteiger partial charge in [0, 0.05) is 17.8 Å². The predicted molar refractivity (Wildman–Crippen MR) is 79.9 cm³/mol. The van der Waals surface area contributed by atoms with Gasteiger partial charge in [0.2, 0.25) is 5.91 Å². The minimum atomic E-state index is -0.155. The number of hydrogen-bond acceptors (Lipinski definition) is 4. The summed E-state index contributed by atoms with van der Waals surface area (Å²) in [6.45, 7) is 4.09. The van der Waals surface area contributed by atoms with E-state index in [9.17, 15) is 9.59 Å². The number of carbonyl (C=O) groups excluding carboxylic acids is 1. The number of aromatic amines is 1. The van der Waals surface area contributed by atoms with E-state index in [1.165, 1.54) is 30.7 Å². The van der Waals surface area contributed by atoms with E-state index in [0.29, 0.717) is 11.1 Å². The molecule has 1 aliphatic carbocycles. The number of aryl methyl sites for hydroxylation is 1. The second kappa shape index (κ2) is 6.92. The lowest BCUT2D eigenvalue weighted by molar-refractivity contribution is -0.119. The molecule has 1 heterocycles. The molecule has 0 aliphatic heterocycles. The van der Waals surface area contributed by atoms with Gasteiger partial charge < -0.3 is 10.3 Å². The molecule has 0 bridgehead atoms. The first-order chi connectivity index (χ1) is 9.58. The summed E-state index contributed by atoms with van der Waals surface area (Å²) in [5.41, 5.74) is 0.628. The lowest BCUT2D eigenvalue weighted by atomic mass is 10.2. The van der Waals surface area contributed by atoms with Crippen LogP contribution < -0.4 is 10.9 Å². The fraction of sp³-hybridized carbons (Fsp3) is 0.643. The van der Waals surface area contributed by atoms with Crippen LogP contribution in [0.15, 0.2) is 16.0 Å². The maximum atomic E-state index is 11.8. The van der Waals surface area contributed by atoms with Crippen LogP contribution in [0.3, 0.4) is 0 Å². The highest BCUT2D eigenvalue weighted by molar-refractivity contribution is 7.99. The van der Waals surface area contributed by atoms with E-state index >= 15 is 0 Å². The Morgan fingerprint density at radius 1 is 1.60 bits per heavy atom. The van der Waals surface area contributed by atoms with Gasteiger partial charge in [0.25, 0.3) is 5.56 Å². The van der Waals surface area contributed by atoms with Crippen LogP contribution in [-0.2, 0) is 11.2 Å². The van der Waals surface area contributed by atoms with Crippen molar-refractivity contribution in [3.63, 3.8) is 0 Å². The SMILES string of the molecule is CCCc1cc(=O)[nH]c(SCC(=O)NC(C)C2CC2)n1. The Labute approximate surface area is 123 Å². The Bertz CT molecular complexity index is 525. The molecule has 1 aromatic rings. The third kappa shape index (κ3) is 4.67. The second-order valence-corrected chi connectivity index (χ2v) is 6.24. The highest BCUT2D eigenvalue weighted by Gasteiger charge is 2.28. The van der Waals surface area contributed by atoms with Crippen molar-refractivity contribution in [2.45, 2.75) is 50.7 Å². The van der Waals surface area contributed by atoms with E-state index in [1.54, 1.807) is 0 Å². The van der Waals surface area contributed by atoms with Crippen LogP contribution in [0.5, 0.6) is 0 Å². The van der Waals surface area contributed by atoms with Gasteiger partial charge in [0.1, 0.15) is 0 Å². The molecule has 1 aromatic heterocycles. The number of aromatic nitrogens is 2. The number of H-pyrrole nitrogens is 1. The van der Waals surface area contributed by atoms with E-state index in [4.69, 9.17) is 0 Å². The first-order valence-corrected chi connectivity index (χ1v) is 8.09. The minimum Gasteiger partial charge on any atom is -0.353 e. The van der Waals surface area contributed by atoms with Crippen LogP contribution in [0, 0.1) is 5.92 Å². The minimum absolute atomic E-state index is 0.00190. The zero-order valence-corrected chi connectivity index (χ0v) is 12.8. The van der Waals surface area contributed by atoms with Gasteiger partial charge in [-0.3, -0.25) is 9.59 Å². The molecular weight excluding hydrogens is 274 g/mol. The molecule has 2 N–H and O–H groups in total. The molecule has 5 nitrogen and oxygen atoms in total. The van der Waals surface area contributed by atoms with Crippen molar-refractivity contribution in [1.29, 1.82) is 0 Å². The number of amides is 1. The normalized spacial score (nSPS) is 15.9. The Morgan fingerprint density at radius 2 is 2.35 bits per heavy atom. The van der Waals surface area contributed by atoms with Crippen molar-refractivity contribution in [2.24, 2.45) is 5.92 Å². The number of thioether (sulfide) groups is 1. The van der Waals surface area contributed by atoms with Gasteiger partial charge in [-0.15, -0.1) is 0 Å². The maximum absolute atomic E-state index is 11.8. The lowest BCUT2D eigenvalue weighted by Crippen LogP contribution is -2.35. The van der Waals surface area contributed by atoms with E-state index in [0.717, 1.165) is 18.5 Å². The summed E-state index contributed by atoms with van der Waals surface area (Å²) in [5, 5.41) is 3.51. The van der Waals surface area contributed by atoms with Crippen LogP contribution >= 0.6 is 11.8 Å². The van der Waals surface area contributed by atoms with Crippen molar-refractivity contribution in [3.05, 3.63) is 22.1 Å². The molecule has 0 aromatic carbocycles. The van der Waals surface area contributed by atoms with Gasteiger partial charge in [-0.1, -0.05) is 25.1 Å². The Hall–Kier alpha value is -1.30. The Morgan fingerprint density at radius 3 is 3.00 bits per heavy atom. The molecule has 1 saturated carbocycles. The number of nitrogens with zero attached hydrogens (tertiary/aromatic N) is 1. The van der Waals surface area contributed by atoms with Crippen LogP contribution in [0.25, 0.3) is 0 Å². The molecule has 6 heteroatoms. The monoisotopic (exact) mass is 295 g/mol. The van der Waals surface area contributed by atoms with Gasteiger partial charge in [0.15, 0.2) is 5.16 Å². The van der Waals surface area contributed by atoms with Crippen molar-refractivity contribution in [3.8, 4) is 0 Å². The van der Waals surface area contributed by atoms with Crippen LogP contribution in [-0.4, -0.2) is 27.7 Å². The summed E-state index contributed by atoms with van der Waals surface area (Å²) in [4.78, 5) is 30.3. The molecule has 1 amide bonds. The van der Waals surface area contributed by atoms with Gasteiger partial charge in [0.05, 0.1) is 5.75 Å². The maximum Gasteiger partial charge on any atom is 0.251 e. The summed E-state index contributed by atoms with van der Waals surface area (Å²) in [6, 6.07) is 1.77. The average Bonchev–Trinajstić information content (AvgIpc) is 3.20. The fourth-order valence-corrected chi connectivity index (χ4v) is 2.79. The van der Waals surface area contributed by atoms with Crippen molar-refractivity contribution in [1.82, 2.24) is 15.3 Å². The van der Waals surface area contributed by atoms with Gasteiger partial charge in [-0.25, -0.2) is 4.98 Å². The molecule has 0 spiro atoms. The Balaban J connectivity index is 1.86. The predicted octanol–water partition coefficient (Wildman–Crippen LogP) is 1.73. The van der Waals surface area contributed by atoms with Crippen LogP contribution in [0.1, 0.15) is 38.8 Å². The Kier molecular flexibility index (Phi) is 5.23. The quantitative estimate of drug-likeness (QED) is 0.593. The molecule has 2 rings (SSSR count). The summed E-state index contributed by atoms with van der Waals surface area (Å²) < 4.78 is 0. The zero-order valence-electron chi connectivity index (χ0n) is 11.9. The molecule has 1 unspecified atom stereocenters. The molecule has 1 aliphatic rings. The number of hydrogen-bond donors (Lipinski definition) is 2. The summed E-state index contributed by atoms with van der Waals surface area (Å²) in [6.07, 6.45) is 4.15. The molecule has 20 heavy (non-hydrogen) atoms. The lowest BCUT2D eigenvalue weighted by Gasteiger charge is -2.12. The molecule has 0 saturated heterocycles. The van der Waals surface area contributed by atoms with Crippen molar-refractivity contribution >= 4 is 17.7 Å². The summed E-state index contributed by atoms with van der Waals surface area (Å²) in [5.74, 6) is 0.933. The van der Waals surface area contributed by atoms with Crippen LogP contribution in [0.2, 0.25) is 0 Å². The summed E-state index contributed by atoms with van der Waals surface area (Å²) >= 11 is 1.28. The summed E-state index contributed by atoms with van der Waals surface area (Å²) in [7, 11) is 0. The topological polar surface area (TPSA) is 74.8 Å². The third-order valence-corrected chi connectivity index (χ3v) is 4.21. The number of carbonyl (C=O) groups is 1. The van der Waals surface area contributed by atoms with E-state index in [-0.39, 0.29) is 23.3 Å². The third-order valence-electron chi connectivity index (χ3n) is 3.34. The molecular formula is C14H21N3O2S. The molecule has 1 atom stereocenters.